The predicted molar refractivity (Wildman–Crippen MR) is 122 cm³/mol. The molecule has 3 aromatic rings. The summed E-state index contributed by atoms with van der Waals surface area (Å²) >= 11 is 0. The molecule has 5 heteroatoms. The lowest BCUT2D eigenvalue weighted by molar-refractivity contribution is -0.123. The van der Waals surface area contributed by atoms with Crippen LogP contribution >= 0.6 is 0 Å². The molecule has 1 N–H and O–H groups in total. The summed E-state index contributed by atoms with van der Waals surface area (Å²) in [6, 6.07) is 26.2. The van der Waals surface area contributed by atoms with Crippen molar-refractivity contribution in [3.63, 3.8) is 0 Å². The molecule has 4 rings (SSSR count). The number of hydrogen-bond donors (Lipinski definition) is 1. The van der Waals surface area contributed by atoms with E-state index in [1.54, 1.807) is 0 Å². The van der Waals surface area contributed by atoms with Gasteiger partial charge in [-0.3, -0.25) is 9.69 Å². The van der Waals surface area contributed by atoms with Crippen molar-refractivity contribution in [1.82, 2.24) is 10.2 Å². The van der Waals surface area contributed by atoms with Gasteiger partial charge in [-0.05, 0) is 34.4 Å². The second-order valence-electron chi connectivity index (χ2n) is 7.61. The molecule has 0 aromatic heterocycles. The monoisotopic (exact) mass is 416 g/mol. The molecule has 0 atom stereocenters. The average molecular weight is 417 g/mol. The van der Waals surface area contributed by atoms with E-state index in [2.05, 4.69) is 34.5 Å². The standard InChI is InChI=1S/C26H28N2O3/c29-26(20-31-25-12-10-22(11-13-25)21-6-2-1-3-7-21)27-18-23-8-4-5-9-24(23)19-28-14-16-30-17-15-28/h1-13H,14-20H2,(H,27,29). The Morgan fingerprint density at radius 2 is 1.48 bits per heavy atom. The third kappa shape index (κ3) is 6.17. The van der Waals surface area contributed by atoms with E-state index in [-0.39, 0.29) is 12.5 Å². The Bertz CT molecular complexity index is 967. The number of amides is 1. The number of benzene rings is 3. The minimum Gasteiger partial charge on any atom is -0.484 e. The van der Waals surface area contributed by atoms with Crippen molar-refractivity contribution < 1.29 is 14.3 Å². The largest absolute Gasteiger partial charge is 0.484 e. The summed E-state index contributed by atoms with van der Waals surface area (Å²) in [5.74, 6) is 0.552. The minimum atomic E-state index is -0.131. The average Bonchev–Trinajstić information content (AvgIpc) is 2.84. The van der Waals surface area contributed by atoms with E-state index >= 15 is 0 Å². The van der Waals surface area contributed by atoms with Crippen molar-refractivity contribution >= 4 is 5.91 Å². The summed E-state index contributed by atoms with van der Waals surface area (Å²) in [5.41, 5.74) is 4.65. The highest BCUT2D eigenvalue weighted by atomic mass is 16.5. The van der Waals surface area contributed by atoms with Crippen LogP contribution in [0.25, 0.3) is 11.1 Å². The zero-order chi connectivity index (χ0) is 21.3. The van der Waals surface area contributed by atoms with Crippen LogP contribution in [-0.4, -0.2) is 43.7 Å². The van der Waals surface area contributed by atoms with Crippen LogP contribution in [0.3, 0.4) is 0 Å². The molecule has 1 amide bonds. The van der Waals surface area contributed by atoms with Crippen molar-refractivity contribution in [2.45, 2.75) is 13.1 Å². The van der Waals surface area contributed by atoms with Gasteiger partial charge in [0.1, 0.15) is 5.75 Å². The summed E-state index contributed by atoms with van der Waals surface area (Å²) in [4.78, 5) is 14.7. The van der Waals surface area contributed by atoms with Crippen LogP contribution < -0.4 is 10.1 Å². The fraction of sp³-hybridized carbons (Fsp3) is 0.269. The quantitative estimate of drug-likeness (QED) is 0.606. The van der Waals surface area contributed by atoms with E-state index in [0.717, 1.165) is 49.5 Å². The van der Waals surface area contributed by atoms with E-state index in [9.17, 15) is 4.79 Å². The SMILES string of the molecule is O=C(COc1ccc(-c2ccccc2)cc1)NCc1ccccc1CN1CCOCC1. The Morgan fingerprint density at radius 3 is 2.23 bits per heavy atom. The summed E-state index contributed by atoms with van der Waals surface area (Å²) < 4.78 is 11.1. The van der Waals surface area contributed by atoms with E-state index in [1.807, 2.05) is 54.6 Å². The van der Waals surface area contributed by atoms with E-state index < -0.39 is 0 Å². The van der Waals surface area contributed by atoms with Crippen molar-refractivity contribution in [2.75, 3.05) is 32.9 Å². The molecule has 160 valence electrons. The number of hydrogen-bond acceptors (Lipinski definition) is 4. The van der Waals surface area contributed by atoms with Crippen molar-refractivity contribution in [3.05, 3.63) is 90.0 Å². The van der Waals surface area contributed by atoms with Gasteiger partial charge in [-0.2, -0.15) is 0 Å². The van der Waals surface area contributed by atoms with Crippen LogP contribution in [0.5, 0.6) is 5.75 Å². The molecule has 1 aliphatic rings. The van der Waals surface area contributed by atoms with Gasteiger partial charge in [0.05, 0.1) is 13.2 Å². The van der Waals surface area contributed by atoms with Crippen molar-refractivity contribution in [3.8, 4) is 16.9 Å². The Kier molecular flexibility index (Phi) is 7.32. The van der Waals surface area contributed by atoms with Gasteiger partial charge < -0.3 is 14.8 Å². The lowest BCUT2D eigenvalue weighted by atomic mass is 10.1. The molecular weight excluding hydrogens is 388 g/mol. The number of nitrogens with zero attached hydrogens (tertiary/aromatic N) is 1. The molecule has 0 spiro atoms. The normalized spacial score (nSPS) is 14.2. The van der Waals surface area contributed by atoms with Crippen LogP contribution in [-0.2, 0) is 22.6 Å². The van der Waals surface area contributed by atoms with Crippen molar-refractivity contribution in [1.29, 1.82) is 0 Å². The predicted octanol–water partition coefficient (Wildman–Crippen LogP) is 3.88. The zero-order valence-electron chi connectivity index (χ0n) is 17.6. The third-order valence-electron chi connectivity index (χ3n) is 5.42. The van der Waals surface area contributed by atoms with Gasteiger partial charge >= 0.3 is 0 Å². The first-order valence-corrected chi connectivity index (χ1v) is 10.7. The molecule has 0 aliphatic carbocycles. The summed E-state index contributed by atoms with van der Waals surface area (Å²) in [6.07, 6.45) is 0. The number of carbonyl (C=O) groups excluding carboxylic acids is 1. The molecule has 0 radical (unpaired) electrons. The highest BCUT2D eigenvalue weighted by Gasteiger charge is 2.13. The highest BCUT2D eigenvalue weighted by molar-refractivity contribution is 5.77. The smallest absolute Gasteiger partial charge is 0.258 e. The maximum absolute atomic E-state index is 12.3. The Hall–Kier alpha value is -3.15. The molecule has 1 heterocycles. The second-order valence-corrected chi connectivity index (χ2v) is 7.61. The van der Waals surface area contributed by atoms with E-state index in [0.29, 0.717) is 12.3 Å². The van der Waals surface area contributed by atoms with Crippen LogP contribution in [0.15, 0.2) is 78.9 Å². The Morgan fingerprint density at radius 1 is 0.839 bits per heavy atom. The molecule has 5 nitrogen and oxygen atoms in total. The van der Waals surface area contributed by atoms with Gasteiger partial charge in [0.15, 0.2) is 6.61 Å². The van der Waals surface area contributed by atoms with Crippen LogP contribution in [0.2, 0.25) is 0 Å². The molecule has 0 bridgehead atoms. The molecule has 1 aliphatic heterocycles. The lowest BCUT2D eigenvalue weighted by Crippen LogP contribution is -2.36. The number of rotatable bonds is 8. The first-order chi connectivity index (χ1) is 15.3. The van der Waals surface area contributed by atoms with Gasteiger partial charge in [0, 0.05) is 26.2 Å². The van der Waals surface area contributed by atoms with Gasteiger partial charge in [0.25, 0.3) is 5.91 Å². The van der Waals surface area contributed by atoms with Gasteiger partial charge in [0.2, 0.25) is 0 Å². The Labute approximate surface area is 183 Å². The maximum Gasteiger partial charge on any atom is 0.258 e. The Balaban J connectivity index is 1.26. The minimum absolute atomic E-state index is 0.00366. The molecule has 3 aromatic carbocycles. The fourth-order valence-corrected chi connectivity index (χ4v) is 3.65. The fourth-order valence-electron chi connectivity index (χ4n) is 3.65. The molecule has 31 heavy (non-hydrogen) atoms. The maximum atomic E-state index is 12.3. The van der Waals surface area contributed by atoms with E-state index in [4.69, 9.17) is 9.47 Å². The van der Waals surface area contributed by atoms with Crippen molar-refractivity contribution in [2.24, 2.45) is 0 Å². The molecule has 1 fully saturated rings. The van der Waals surface area contributed by atoms with Gasteiger partial charge in [-0.25, -0.2) is 0 Å². The van der Waals surface area contributed by atoms with Crippen LogP contribution in [0.1, 0.15) is 11.1 Å². The second kappa shape index (κ2) is 10.8. The molecule has 0 saturated carbocycles. The number of ether oxygens (including phenoxy) is 2. The van der Waals surface area contributed by atoms with E-state index in [1.165, 1.54) is 5.56 Å². The van der Waals surface area contributed by atoms with Gasteiger partial charge in [-0.1, -0.05) is 66.7 Å². The number of carbonyl (C=O) groups is 1. The lowest BCUT2D eigenvalue weighted by Gasteiger charge is -2.27. The molecule has 1 saturated heterocycles. The number of nitrogens with one attached hydrogen (secondary N) is 1. The number of morpholine rings is 1. The summed E-state index contributed by atoms with van der Waals surface area (Å²) in [6.45, 7) is 4.81. The topological polar surface area (TPSA) is 50.8 Å². The molecular formula is C26H28N2O3. The molecule has 0 unspecified atom stereocenters. The first kappa shape index (κ1) is 21.1. The summed E-state index contributed by atoms with van der Waals surface area (Å²) in [5, 5.41) is 2.98. The van der Waals surface area contributed by atoms with Crippen LogP contribution in [0.4, 0.5) is 0 Å². The highest BCUT2D eigenvalue weighted by Crippen LogP contribution is 2.22. The first-order valence-electron chi connectivity index (χ1n) is 10.7. The van der Waals surface area contributed by atoms with Gasteiger partial charge in [-0.15, -0.1) is 0 Å². The third-order valence-corrected chi connectivity index (χ3v) is 5.42. The van der Waals surface area contributed by atoms with Crippen LogP contribution in [0, 0.1) is 0 Å². The summed E-state index contributed by atoms with van der Waals surface area (Å²) in [7, 11) is 0. The zero-order valence-corrected chi connectivity index (χ0v) is 17.6.